The van der Waals surface area contributed by atoms with E-state index in [0.29, 0.717) is 22.3 Å². The predicted octanol–water partition coefficient (Wildman–Crippen LogP) is 7.00. The molecule has 8 nitrogen and oxygen atoms in total. The Labute approximate surface area is 269 Å². The normalized spacial score (nSPS) is 16.0. The molecule has 0 unspecified atom stereocenters. The second kappa shape index (κ2) is 12.0. The van der Waals surface area contributed by atoms with Gasteiger partial charge >= 0.3 is 0 Å². The van der Waals surface area contributed by atoms with Gasteiger partial charge in [0, 0.05) is 44.7 Å². The summed E-state index contributed by atoms with van der Waals surface area (Å²) in [7, 11) is 0. The van der Waals surface area contributed by atoms with Crippen LogP contribution in [0.15, 0.2) is 70.8 Å². The maximum atomic E-state index is 15.2. The SMILES string of the molecule is Cc1ccc(NC(=O)Cc2cccs2)cc1-c1nc(NC2CC(C)(C)NC(C)(C)C2)nc2c1ccc(=O)n2-c1c(F)cccc1F. The number of nitrogens with one attached hydrogen (secondary N) is 3. The molecule has 5 aromatic rings. The molecule has 0 aliphatic carbocycles. The van der Waals surface area contributed by atoms with Gasteiger partial charge in [-0.1, -0.05) is 18.2 Å². The highest BCUT2D eigenvalue weighted by molar-refractivity contribution is 7.10. The lowest BCUT2D eigenvalue weighted by Crippen LogP contribution is -2.60. The number of anilines is 2. The molecule has 3 aromatic heterocycles. The molecule has 2 aromatic carbocycles. The molecule has 0 radical (unpaired) electrons. The zero-order chi connectivity index (χ0) is 32.8. The van der Waals surface area contributed by atoms with Crippen LogP contribution in [-0.2, 0) is 11.2 Å². The van der Waals surface area contributed by atoms with Crippen LogP contribution in [0.2, 0.25) is 0 Å². The summed E-state index contributed by atoms with van der Waals surface area (Å²) in [5.41, 5.74) is 1.11. The Kier molecular flexibility index (Phi) is 8.24. The summed E-state index contributed by atoms with van der Waals surface area (Å²) in [6, 6.07) is 15.6. The van der Waals surface area contributed by atoms with Crippen LogP contribution in [0, 0.1) is 18.6 Å². The second-order valence-electron chi connectivity index (χ2n) is 13.2. The first-order valence-corrected chi connectivity index (χ1v) is 16.0. The number of carbonyl (C=O) groups is 1. The fourth-order valence-corrected chi connectivity index (χ4v) is 7.35. The fourth-order valence-electron chi connectivity index (χ4n) is 6.64. The van der Waals surface area contributed by atoms with Gasteiger partial charge in [-0.15, -0.1) is 11.3 Å². The second-order valence-corrected chi connectivity index (χ2v) is 14.2. The molecule has 1 aliphatic heterocycles. The van der Waals surface area contributed by atoms with Crippen molar-refractivity contribution >= 4 is 39.9 Å². The summed E-state index contributed by atoms with van der Waals surface area (Å²) in [5.74, 6) is -1.72. The molecule has 46 heavy (non-hydrogen) atoms. The van der Waals surface area contributed by atoms with Gasteiger partial charge in [-0.2, -0.15) is 4.98 Å². The zero-order valence-corrected chi connectivity index (χ0v) is 27.2. The van der Waals surface area contributed by atoms with Gasteiger partial charge in [-0.3, -0.25) is 14.2 Å². The molecule has 0 atom stereocenters. The van der Waals surface area contributed by atoms with Crippen molar-refractivity contribution in [3.8, 4) is 16.9 Å². The highest BCUT2D eigenvalue weighted by Gasteiger charge is 2.38. The summed E-state index contributed by atoms with van der Waals surface area (Å²) >= 11 is 1.51. The van der Waals surface area contributed by atoms with Gasteiger partial charge in [-0.25, -0.2) is 13.8 Å². The van der Waals surface area contributed by atoms with E-state index in [4.69, 9.17) is 9.97 Å². The van der Waals surface area contributed by atoms with E-state index in [2.05, 4.69) is 43.6 Å². The van der Waals surface area contributed by atoms with Crippen LogP contribution in [0.3, 0.4) is 0 Å². The number of piperidine rings is 1. The number of fused-ring (bicyclic) bond motifs is 1. The van der Waals surface area contributed by atoms with Crippen LogP contribution in [0.4, 0.5) is 20.4 Å². The smallest absolute Gasteiger partial charge is 0.256 e. The first-order valence-electron chi connectivity index (χ1n) is 15.2. The minimum atomic E-state index is -0.891. The molecule has 0 bridgehead atoms. The zero-order valence-electron chi connectivity index (χ0n) is 26.4. The lowest BCUT2D eigenvalue weighted by Gasteiger charge is -2.46. The van der Waals surface area contributed by atoms with Gasteiger partial charge in [0.2, 0.25) is 11.9 Å². The molecule has 4 heterocycles. The van der Waals surface area contributed by atoms with Crippen molar-refractivity contribution in [2.24, 2.45) is 0 Å². The van der Waals surface area contributed by atoms with Gasteiger partial charge in [0.05, 0.1) is 12.1 Å². The molecule has 3 N–H and O–H groups in total. The number of hydrogen-bond donors (Lipinski definition) is 3. The number of aromatic nitrogens is 3. The number of aryl methyl sites for hydroxylation is 1. The molecule has 238 valence electrons. The van der Waals surface area contributed by atoms with E-state index in [1.165, 1.54) is 23.5 Å². The monoisotopic (exact) mass is 642 g/mol. The number of benzene rings is 2. The first-order chi connectivity index (χ1) is 21.8. The molecule has 0 saturated carbocycles. The average Bonchev–Trinajstić information content (AvgIpc) is 3.46. The number of carbonyl (C=O) groups excluding carboxylic acids is 1. The largest absolute Gasteiger partial charge is 0.351 e. The number of thiophene rings is 1. The molecular formula is C35H36F2N6O2S. The van der Waals surface area contributed by atoms with E-state index in [-0.39, 0.29) is 41.0 Å². The third-order valence-corrected chi connectivity index (χ3v) is 9.00. The molecule has 11 heteroatoms. The number of hydrogen-bond acceptors (Lipinski definition) is 7. The number of pyridine rings is 1. The third kappa shape index (κ3) is 6.56. The Balaban J connectivity index is 1.51. The Bertz CT molecular complexity index is 1970. The van der Waals surface area contributed by atoms with Gasteiger partial charge in [0.1, 0.15) is 17.3 Å². The predicted molar refractivity (Wildman–Crippen MR) is 180 cm³/mol. The summed E-state index contributed by atoms with van der Waals surface area (Å²) in [5, 5.41) is 12.5. The molecule has 1 aliphatic rings. The van der Waals surface area contributed by atoms with Crippen molar-refractivity contribution in [1.29, 1.82) is 0 Å². The van der Waals surface area contributed by atoms with Gasteiger partial charge in [-0.05, 0) is 94.8 Å². The van der Waals surface area contributed by atoms with E-state index < -0.39 is 22.9 Å². The number of halogens is 2. The quantitative estimate of drug-likeness (QED) is 0.177. The number of nitrogens with zero attached hydrogens (tertiary/aromatic N) is 3. The lowest BCUT2D eigenvalue weighted by atomic mass is 9.80. The molecule has 1 amide bonds. The van der Waals surface area contributed by atoms with Crippen molar-refractivity contribution in [3.63, 3.8) is 0 Å². The van der Waals surface area contributed by atoms with Gasteiger partial charge < -0.3 is 16.0 Å². The van der Waals surface area contributed by atoms with E-state index in [9.17, 15) is 9.59 Å². The topological polar surface area (TPSA) is 101 Å². The van der Waals surface area contributed by atoms with E-state index in [1.54, 1.807) is 6.07 Å². The molecule has 1 saturated heterocycles. The molecular weight excluding hydrogens is 606 g/mol. The van der Waals surface area contributed by atoms with Crippen LogP contribution < -0.4 is 21.5 Å². The fraction of sp³-hybridized carbons (Fsp3) is 0.314. The molecule has 0 spiro atoms. The van der Waals surface area contributed by atoms with Crippen LogP contribution >= 0.6 is 11.3 Å². The Morgan fingerprint density at radius 3 is 2.39 bits per heavy atom. The van der Waals surface area contributed by atoms with Crippen molar-refractivity contribution in [2.75, 3.05) is 10.6 Å². The maximum Gasteiger partial charge on any atom is 0.256 e. The summed E-state index contributed by atoms with van der Waals surface area (Å²) < 4.78 is 31.3. The highest BCUT2D eigenvalue weighted by atomic mass is 32.1. The number of rotatable bonds is 7. The standard InChI is InChI=1S/C35H36F2N6O2S/c1-20-11-12-21(38-28(44)17-23-8-7-15-46-23)16-25(20)30-24-13-14-29(45)43(31-26(36)9-6-10-27(31)37)32(24)41-33(40-30)39-22-18-34(2,3)42-35(4,5)19-22/h6-16,22,42H,17-19H2,1-5H3,(H,38,44)(H,39,40,41). The number of amides is 1. The van der Waals surface area contributed by atoms with Crippen LogP contribution in [-0.4, -0.2) is 37.6 Å². The maximum absolute atomic E-state index is 15.2. The Hall–Kier alpha value is -4.48. The third-order valence-electron chi connectivity index (χ3n) is 8.13. The summed E-state index contributed by atoms with van der Waals surface area (Å²) in [4.78, 5) is 36.8. The van der Waals surface area contributed by atoms with Crippen molar-refractivity contribution in [3.05, 3.63) is 98.5 Å². The lowest BCUT2D eigenvalue weighted by molar-refractivity contribution is -0.115. The van der Waals surface area contributed by atoms with Crippen molar-refractivity contribution in [2.45, 2.75) is 71.0 Å². The molecule has 1 fully saturated rings. The summed E-state index contributed by atoms with van der Waals surface area (Å²) in [6.45, 7) is 10.5. The van der Waals surface area contributed by atoms with E-state index in [1.807, 2.05) is 42.6 Å². The molecule has 6 rings (SSSR count). The average molecular weight is 643 g/mol. The van der Waals surface area contributed by atoms with E-state index in [0.717, 1.165) is 40.0 Å². The van der Waals surface area contributed by atoms with Crippen LogP contribution in [0.25, 0.3) is 28.0 Å². The number of para-hydroxylation sites is 1. The van der Waals surface area contributed by atoms with Gasteiger partial charge in [0.15, 0.2) is 5.65 Å². The van der Waals surface area contributed by atoms with Crippen LogP contribution in [0.1, 0.15) is 51.0 Å². The van der Waals surface area contributed by atoms with Gasteiger partial charge in [0.25, 0.3) is 5.56 Å². The Morgan fingerprint density at radius 1 is 1.00 bits per heavy atom. The minimum absolute atomic E-state index is 0.0328. The first kappa shape index (κ1) is 31.5. The van der Waals surface area contributed by atoms with Crippen molar-refractivity contribution in [1.82, 2.24) is 19.9 Å². The Morgan fingerprint density at radius 2 is 1.72 bits per heavy atom. The van der Waals surface area contributed by atoms with Crippen LogP contribution in [0.5, 0.6) is 0 Å². The van der Waals surface area contributed by atoms with Crippen molar-refractivity contribution < 1.29 is 13.6 Å². The van der Waals surface area contributed by atoms with E-state index >= 15 is 8.78 Å². The minimum Gasteiger partial charge on any atom is -0.351 e. The summed E-state index contributed by atoms with van der Waals surface area (Å²) in [6.07, 6.45) is 1.78. The highest BCUT2D eigenvalue weighted by Crippen LogP contribution is 2.35.